The van der Waals surface area contributed by atoms with E-state index in [1.54, 1.807) is 18.2 Å². The van der Waals surface area contributed by atoms with Crippen molar-refractivity contribution in [3.8, 4) is 18.3 Å². The number of carbonyl (C=O) groups excluding carboxylic acids is 1. The number of carbonyl (C=O) groups is 1. The van der Waals surface area contributed by atoms with E-state index in [0.29, 0.717) is 10.8 Å². The van der Waals surface area contributed by atoms with E-state index in [2.05, 4.69) is 27.4 Å². The summed E-state index contributed by atoms with van der Waals surface area (Å²) in [6, 6.07) is 12.3. The number of benzene rings is 2. The van der Waals surface area contributed by atoms with E-state index < -0.39 is 0 Å². The maximum Gasteiger partial charge on any atom is 0.217 e. The van der Waals surface area contributed by atoms with Gasteiger partial charge in [-0.1, -0.05) is 46.1 Å². The van der Waals surface area contributed by atoms with Crippen LogP contribution in [0.3, 0.4) is 0 Å². The zero-order valence-corrected chi connectivity index (χ0v) is 14.1. The standard InChI is InChI=1S/C17H13BrClNO2/c1-3-22-14-7-4-12(5-8-14)17(20-11(2)21)15-10-13(18)6-9-16(15)19/h1,4-10,17H,2H3,(H,20,21). The molecule has 0 aliphatic carbocycles. The highest BCUT2D eigenvalue weighted by molar-refractivity contribution is 9.10. The monoisotopic (exact) mass is 377 g/mol. The van der Waals surface area contributed by atoms with E-state index >= 15 is 0 Å². The first-order valence-electron chi connectivity index (χ1n) is 6.45. The fourth-order valence-corrected chi connectivity index (χ4v) is 2.68. The molecule has 1 N–H and O–H groups in total. The van der Waals surface area contributed by atoms with Gasteiger partial charge in [-0.3, -0.25) is 4.79 Å². The number of amides is 1. The van der Waals surface area contributed by atoms with E-state index in [4.69, 9.17) is 22.8 Å². The molecule has 112 valence electrons. The van der Waals surface area contributed by atoms with Gasteiger partial charge in [-0.15, -0.1) is 0 Å². The summed E-state index contributed by atoms with van der Waals surface area (Å²) in [5, 5.41) is 3.48. The van der Waals surface area contributed by atoms with E-state index in [9.17, 15) is 4.79 Å². The molecule has 0 saturated carbocycles. The van der Waals surface area contributed by atoms with Crippen molar-refractivity contribution in [3.63, 3.8) is 0 Å². The average molecular weight is 379 g/mol. The third-order valence-electron chi connectivity index (χ3n) is 3.01. The van der Waals surface area contributed by atoms with Gasteiger partial charge in [0.25, 0.3) is 0 Å². The topological polar surface area (TPSA) is 38.3 Å². The summed E-state index contributed by atoms with van der Waals surface area (Å²) in [4.78, 5) is 11.5. The Morgan fingerprint density at radius 3 is 2.59 bits per heavy atom. The van der Waals surface area contributed by atoms with Crippen molar-refractivity contribution >= 4 is 33.4 Å². The van der Waals surface area contributed by atoms with Crippen LogP contribution in [0.5, 0.6) is 5.75 Å². The second-order valence-corrected chi connectivity index (χ2v) is 5.91. The van der Waals surface area contributed by atoms with Gasteiger partial charge in [-0.05, 0) is 41.5 Å². The number of rotatable bonds is 4. The highest BCUT2D eigenvalue weighted by Gasteiger charge is 2.18. The van der Waals surface area contributed by atoms with Crippen LogP contribution in [0.25, 0.3) is 0 Å². The van der Waals surface area contributed by atoms with E-state index in [0.717, 1.165) is 15.6 Å². The summed E-state index contributed by atoms with van der Waals surface area (Å²) in [7, 11) is 0. The number of hydrogen-bond donors (Lipinski definition) is 1. The molecule has 1 unspecified atom stereocenters. The Bertz CT molecular complexity index is 722. The van der Waals surface area contributed by atoms with Gasteiger partial charge in [0.1, 0.15) is 11.9 Å². The van der Waals surface area contributed by atoms with Crippen LogP contribution in [0.4, 0.5) is 0 Å². The predicted molar refractivity (Wildman–Crippen MR) is 90.7 cm³/mol. The number of ether oxygens (including phenoxy) is 1. The molecule has 5 heteroatoms. The molecule has 1 atom stereocenters. The Morgan fingerprint density at radius 2 is 2.00 bits per heavy atom. The molecule has 2 aromatic carbocycles. The molecule has 0 saturated heterocycles. The number of terminal acetylenes is 1. The average Bonchev–Trinajstić information content (AvgIpc) is 2.49. The Morgan fingerprint density at radius 1 is 1.32 bits per heavy atom. The Hall–Kier alpha value is -1.96. The molecule has 0 fully saturated rings. The predicted octanol–water partition coefficient (Wildman–Crippen LogP) is 4.30. The van der Waals surface area contributed by atoms with Crippen molar-refractivity contribution in [3.05, 3.63) is 63.1 Å². The van der Waals surface area contributed by atoms with Crippen molar-refractivity contribution in [2.75, 3.05) is 0 Å². The zero-order chi connectivity index (χ0) is 16.1. The van der Waals surface area contributed by atoms with Crippen LogP contribution in [0, 0.1) is 12.5 Å². The van der Waals surface area contributed by atoms with E-state index in [1.807, 2.05) is 24.3 Å². The minimum absolute atomic E-state index is 0.148. The van der Waals surface area contributed by atoms with Crippen molar-refractivity contribution in [2.45, 2.75) is 13.0 Å². The summed E-state index contributed by atoms with van der Waals surface area (Å²) < 4.78 is 5.86. The smallest absolute Gasteiger partial charge is 0.217 e. The molecule has 0 radical (unpaired) electrons. The first-order chi connectivity index (χ1) is 10.5. The first-order valence-corrected chi connectivity index (χ1v) is 7.63. The maximum atomic E-state index is 11.5. The van der Waals surface area contributed by atoms with Crippen molar-refractivity contribution in [2.24, 2.45) is 0 Å². The lowest BCUT2D eigenvalue weighted by Crippen LogP contribution is -2.27. The molecule has 3 nitrogen and oxygen atoms in total. The molecule has 0 aliphatic rings. The lowest BCUT2D eigenvalue weighted by molar-refractivity contribution is -0.119. The van der Waals surface area contributed by atoms with Gasteiger partial charge in [-0.25, -0.2) is 0 Å². The molecule has 0 bridgehead atoms. The largest absolute Gasteiger partial charge is 0.408 e. The summed E-state index contributed by atoms with van der Waals surface area (Å²) in [5.41, 5.74) is 1.68. The molecule has 0 aromatic heterocycles. The van der Waals surface area contributed by atoms with Gasteiger partial charge in [0.05, 0.1) is 6.04 Å². The van der Waals surface area contributed by atoms with Gasteiger partial charge < -0.3 is 10.1 Å². The van der Waals surface area contributed by atoms with Crippen LogP contribution in [-0.2, 0) is 4.79 Å². The molecule has 0 heterocycles. The number of hydrogen-bond acceptors (Lipinski definition) is 2. The maximum absolute atomic E-state index is 11.5. The Labute approximate surface area is 142 Å². The van der Waals surface area contributed by atoms with Gasteiger partial charge in [0.15, 0.2) is 0 Å². The Kier molecular flexibility index (Phi) is 5.48. The molecular formula is C17H13BrClNO2. The summed E-state index contributed by atoms with van der Waals surface area (Å²) in [5.74, 6) is 0.415. The first kappa shape index (κ1) is 16.4. The fourth-order valence-electron chi connectivity index (χ4n) is 2.08. The summed E-state index contributed by atoms with van der Waals surface area (Å²) >= 11 is 9.70. The second-order valence-electron chi connectivity index (χ2n) is 4.59. The van der Waals surface area contributed by atoms with Crippen LogP contribution in [0.15, 0.2) is 46.9 Å². The molecule has 22 heavy (non-hydrogen) atoms. The third kappa shape index (κ3) is 4.03. The number of halogens is 2. The highest BCUT2D eigenvalue weighted by atomic mass is 79.9. The highest BCUT2D eigenvalue weighted by Crippen LogP contribution is 2.31. The van der Waals surface area contributed by atoms with Gasteiger partial charge in [0, 0.05) is 16.4 Å². The SMILES string of the molecule is C#COc1ccc(C(NC(C)=O)c2cc(Br)ccc2Cl)cc1. The summed E-state index contributed by atoms with van der Waals surface area (Å²) in [6.45, 7) is 1.47. The van der Waals surface area contributed by atoms with Crippen LogP contribution in [-0.4, -0.2) is 5.91 Å². The summed E-state index contributed by atoms with van der Waals surface area (Å²) in [6.07, 6.45) is 7.22. The van der Waals surface area contributed by atoms with Crippen molar-refractivity contribution in [1.29, 1.82) is 0 Å². The van der Waals surface area contributed by atoms with E-state index in [-0.39, 0.29) is 11.9 Å². The Balaban J connectivity index is 2.43. The van der Waals surface area contributed by atoms with Crippen molar-refractivity contribution in [1.82, 2.24) is 5.32 Å². The van der Waals surface area contributed by atoms with Crippen molar-refractivity contribution < 1.29 is 9.53 Å². The molecule has 0 spiro atoms. The zero-order valence-electron chi connectivity index (χ0n) is 11.8. The molecule has 0 aliphatic heterocycles. The second kappa shape index (κ2) is 7.35. The minimum Gasteiger partial charge on any atom is -0.408 e. The van der Waals surface area contributed by atoms with Crippen LogP contribution in [0.2, 0.25) is 5.02 Å². The van der Waals surface area contributed by atoms with Gasteiger partial charge >= 0.3 is 0 Å². The van der Waals surface area contributed by atoms with E-state index in [1.165, 1.54) is 6.92 Å². The molecule has 1 amide bonds. The normalized spacial score (nSPS) is 11.4. The number of nitrogens with one attached hydrogen (secondary N) is 1. The van der Waals surface area contributed by atoms with Crippen LogP contribution in [0.1, 0.15) is 24.1 Å². The van der Waals surface area contributed by atoms with Gasteiger partial charge in [0.2, 0.25) is 5.91 Å². The minimum atomic E-state index is -0.359. The van der Waals surface area contributed by atoms with Gasteiger partial charge in [-0.2, -0.15) is 0 Å². The quantitative estimate of drug-likeness (QED) is 0.806. The van der Waals surface area contributed by atoms with Crippen LogP contribution >= 0.6 is 27.5 Å². The van der Waals surface area contributed by atoms with Crippen LogP contribution < -0.4 is 10.1 Å². The fraction of sp³-hybridized carbons (Fsp3) is 0.118. The lowest BCUT2D eigenvalue weighted by atomic mass is 9.98. The molecule has 2 rings (SSSR count). The molecule has 2 aromatic rings. The molecular weight excluding hydrogens is 366 g/mol. The third-order valence-corrected chi connectivity index (χ3v) is 3.84. The lowest BCUT2D eigenvalue weighted by Gasteiger charge is -2.20.